The van der Waals surface area contributed by atoms with Gasteiger partial charge in [-0.3, -0.25) is 0 Å². The minimum Gasteiger partial charge on any atom is -0.321 e. The van der Waals surface area contributed by atoms with Crippen molar-refractivity contribution in [3.63, 3.8) is 0 Å². The number of fused-ring (bicyclic) bond motifs is 1. The second kappa shape index (κ2) is 3.35. The van der Waals surface area contributed by atoms with Crippen LogP contribution in [0, 0.1) is 0 Å². The van der Waals surface area contributed by atoms with E-state index in [1.54, 1.807) is 11.8 Å². The van der Waals surface area contributed by atoms with E-state index in [1.165, 1.54) is 0 Å². The van der Waals surface area contributed by atoms with Crippen LogP contribution in [0.3, 0.4) is 0 Å². The van der Waals surface area contributed by atoms with Crippen molar-refractivity contribution in [3.8, 4) is 0 Å². The van der Waals surface area contributed by atoms with Crippen LogP contribution >= 0.6 is 27.7 Å². The average molecular weight is 257 g/mol. The van der Waals surface area contributed by atoms with E-state index in [1.807, 2.05) is 31.5 Å². The molecule has 0 saturated carbocycles. The molecule has 0 aliphatic carbocycles. The Bertz CT molecular complexity index is 450. The number of aryl methyl sites for hydroxylation is 1. The molecule has 0 N–H and O–H groups in total. The highest BCUT2D eigenvalue weighted by Crippen LogP contribution is 2.26. The fourth-order valence-corrected chi connectivity index (χ4v) is 2.56. The van der Waals surface area contributed by atoms with Crippen LogP contribution in [-0.4, -0.2) is 15.8 Å². The first-order chi connectivity index (χ1) is 6.24. The molecule has 0 aliphatic rings. The fraction of sp³-hybridized carbons (Fsp3) is 0.222. The topological polar surface area (TPSA) is 17.8 Å². The molecule has 2 rings (SSSR count). The summed E-state index contributed by atoms with van der Waals surface area (Å²) in [4.78, 5) is 4.49. The third-order valence-corrected chi connectivity index (χ3v) is 3.36. The van der Waals surface area contributed by atoms with Gasteiger partial charge in [0.05, 0.1) is 11.0 Å². The van der Waals surface area contributed by atoms with Crippen LogP contribution in [0.1, 0.15) is 0 Å². The molecule has 2 aromatic rings. The number of imidazole rings is 1. The third-order valence-electron chi connectivity index (χ3n) is 1.99. The molecule has 0 bridgehead atoms. The molecule has 1 aromatic carbocycles. The van der Waals surface area contributed by atoms with E-state index in [2.05, 4.69) is 25.5 Å². The van der Waals surface area contributed by atoms with E-state index in [-0.39, 0.29) is 0 Å². The molecule has 0 aliphatic heterocycles. The zero-order chi connectivity index (χ0) is 9.42. The Labute approximate surface area is 89.5 Å². The maximum absolute atomic E-state index is 4.49. The second-order valence-electron chi connectivity index (χ2n) is 2.77. The summed E-state index contributed by atoms with van der Waals surface area (Å²) >= 11 is 5.18. The number of halogens is 1. The van der Waals surface area contributed by atoms with Crippen LogP contribution in [0.25, 0.3) is 11.0 Å². The highest BCUT2D eigenvalue weighted by atomic mass is 79.9. The van der Waals surface area contributed by atoms with Crippen molar-refractivity contribution in [2.45, 2.75) is 5.16 Å². The molecular formula is C9H9BrN2S. The summed E-state index contributed by atoms with van der Waals surface area (Å²) < 4.78 is 3.20. The van der Waals surface area contributed by atoms with Gasteiger partial charge in [0.15, 0.2) is 5.16 Å². The molecule has 0 amide bonds. The van der Waals surface area contributed by atoms with Crippen LogP contribution in [-0.2, 0) is 7.05 Å². The lowest BCUT2D eigenvalue weighted by atomic mass is 10.3. The predicted octanol–water partition coefficient (Wildman–Crippen LogP) is 3.06. The van der Waals surface area contributed by atoms with Gasteiger partial charge >= 0.3 is 0 Å². The van der Waals surface area contributed by atoms with E-state index >= 15 is 0 Å². The van der Waals surface area contributed by atoms with Gasteiger partial charge in [-0.25, -0.2) is 4.98 Å². The number of aromatic nitrogens is 2. The molecule has 13 heavy (non-hydrogen) atoms. The molecule has 0 fully saturated rings. The largest absolute Gasteiger partial charge is 0.321 e. The number of thioether (sulfide) groups is 1. The summed E-state index contributed by atoms with van der Waals surface area (Å²) in [5, 5.41) is 1.04. The molecular weight excluding hydrogens is 248 g/mol. The first-order valence-electron chi connectivity index (χ1n) is 3.89. The molecule has 1 aromatic heterocycles. The predicted molar refractivity (Wildman–Crippen MR) is 60.2 cm³/mol. The number of benzene rings is 1. The summed E-state index contributed by atoms with van der Waals surface area (Å²) in [6, 6.07) is 6.07. The SMILES string of the molecule is CSc1nc2cccc(Br)c2n1C. The zero-order valence-corrected chi connectivity index (χ0v) is 9.82. The molecule has 0 atom stereocenters. The lowest BCUT2D eigenvalue weighted by Gasteiger charge is -1.99. The van der Waals surface area contributed by atoms with Gasteiger partial charge in [-0.1, -0.05) is 17.8 Å². The van der Waals surface area contributed by atoms with Gasteiger partial charge in [-0.15, -0.1) is 0 Å². The van der Waals surface area contributed by atoms with Crippen molar-refractivity contribution >= 4 is 38.7 Å². The Morgan fingerprint density at radius 2 is 2.23 bits per heavy atom. The number of hydrogen-bond acceptors (Lipinski definition) is 2. The molecule has 0 spiro atoms. The van der Waals surface area contributed by atoms with Crippen molar-refractivity contribution in [1.29, 1.82) is 0 Å². The standard InChI is InChI=1S/C9H9BrN2S/c1-12-8-6(10)4-3-5-7(8)11-9(12)13-2/h3-5H,1-2H3. The van der Waals surface area contributed by atoms with Gasteiger partial charge in [-0.05, 0) is 34.3 Å². The van der Waals surface area contributed by atoms with Crippen molar-refractivity contribution in [1.82, 2.24) is 9.55 Å². The molecule has 2 nitrogen and oxygen atoms in total. The molecule has 68 valence electrons. The second-order valence-corrected chi connectivity index (χ2v) is 4.39. The Hall–Kier alpha value is -0.480. The summed E-state index contributed by atoms with van der Waals surface area (Å²) in [6.07, 6.45) is 2.04. The summed E-state index contributed by atoms with van der Waals surface area (Å²) in [5.41, 5.74) is 2.20. The van der Waals surface area contributed by atoms with E-state index in [9.17, 15) is 0 Å². The normalized spacial score (nSPS) is 11.0. The van der Waals surface area contributed by atoms with Crippen LogP contribution in [0.5, 0.6) is 0 Å². The Morgan fingerprint density at radius 1 is 1.46 bits per heavy atom. The van der Waals surface area contributed by atoms with Crippen LogP contribution in [0.15, 0.2) is 27.8 Å². The van der Waals surface area contributed by atoms with Crippen LogP contribution in [0.2, 0.25) is 0 Å². The number of rotatable bonds is 1. The maximum Gasteiger partial charge on any atom is 0.168 e. The molecule has 0 unspecified atom stereocenters. The highest BCUT2D eigenvalue weighted by Gasteiger charge is 2.08. The van der Waals surface area contributed by atoms with Crippen molar-refractivity contribution < 1.29 is 0 Å². The summed E-state index contributed by atoms with van der Waals surface area (Å²) in [7, 11) is 2.03. The monoisotopic (exact) mass is 256 g/mol. The molecule has 1 heterocycles. The lowest BCUT2D eigenvalue weighted by Crippen LogP contribution is -1.89. The number of hydrogen-bond donors (Lipinski definition) is 0. The lowest BCUT2D eigenvalue weighted by molar-refractivity contribution is 0.815. The van der Waals surface area contributed by atoms with Gasteiger partial charge in [0.2, 0.25) is 0 Å². The fourth-order valence-electron chi connectivity index (χ4n) is 1.38. The Morgan fingerprint density at radius 3 is 2.85 bits per heavy atom. The quantitative estimate of drug-likeness (QED) is 0.731. The number of para-hydroxylation sites is 1. The first-order valence-corrected chi connectivity index (χ1v) is 5.90. The van der Waals surface area contributed by atoms with E-state index in [4.69, 9.17) is 0 Å². The van der Waals surface area contributed by atoms with Gasteiger partial charge in [0, 0.05) is 11.5 Å². The summed E-state index contributed by atoms with van der Waals surface area (Å²) in [5.74, 6) is 0. The minimum absolute atomic E-state index is 1.04. The van der Waals surface area contributed by atoms with E-state index < -0.39 is 0 Å². The maximum atomic E-state index is 4.49. The summed E-state index contributed by atoms with van der Waals surface area (Å²) in [6.45, 7) is 0. The third kappa shape index (κ3) is 1.38. The van der Waals surface area contributed by atoms with Crippen molar-refractivity contribution in [3.05, 3.63) is 22.7 Å². The minimum atomic E-state index is 1.04. The first kappa shape index (κ1) is 9.09. The molecule has 4 heteroatoms. The Kier molecular flexibility index (Phi) is 2.34. The molecule has 0 saturated heterocycles. The smallest absolute Gasteiger partial charge is 0.168 e. The van der Waals surface area contributed by atoms with Gasteiger partial charge in [0.1, 0.15) is 0 Å². The van der Waals surface area contributed by atoms with E-state index in [0.717, 1.165) is 20.7 Å². The van der Waals surface area contributed by atoms with Gasteiger partial charge in [-0.2, -0.15) is 0 Å². The van der Waals surface area contributed by atoms with Gasteiger partial charge in [0.25, 0.3) is 0 Å². The van der Waals surface area contributed by atoms with Crippen molar-refractivity contribution in [2.24, 2.45) is 7.05 Å². The van der Waals surface area contributed by atoms with Gasteiger partial charge < -0.3 is 4.57 Å². The highest BCUT2D eigenvalue weighted by molar-refractivity contribution is 9.10. The zero-order valence-electron chi connectivity index (χ0n) is 7.41. The van der Waals surface area contributed by atoms with Crippen LogP contribution in [0.4, 0.5) is 0 Å². The van der Waals surface area contributed by atoms with Crippen LogP contribution < -0.4 is 0 Å². The number of nitrogens with zero attached hydrogens (tertiary/aromatic N) is 2. The Balaban J connectivity index is 2.85. The molecule has 0 radical (unpaired) electrons. The average Bonchev–Trinajstić information content (AvgIpc) is 2.44. The van der Waals surface area contributed by atoms with Crippen molar-refractivity contribution in [2.75, 3.05) is 6.26 Å². The van der Waals surface area contributed by atoms with E-state index in [0.29, 0.717) is 0 Å².